The van der Waals surface area contributed by atoms with E-state index in [-0.39, 0.29) is 36.9 Å². The van der Waals surface area contributed by atoms with Crippen molar-refractivity contribution in [3.05, 3.63) is 62.8 Å². The number of nitrogens with one attached hydrogen (secondary N) is 1. The number of ether oxygens (including phenoxy) is 1. The highest BCUT2D eigenvalue weighted by Crippen LogP contribution is 2.32. The average molecular weight is 381 g/mol. The number of aromatic nitrogens is 2. The van der Waals surface area contributed by atoms with Crippen molar-refractivity contribution in [2.24, 2.45) is 0 Å². The summed E-state index contributed by atoms with van der Waals surface area (Å²) in [6.45, 7) is 0.413. The molecule has 0 aliphatic carbocycles. The third kappa shape index (κ3) is 4.19. The molecule has 3 rings (SSSR count). The molecular formula is C18H18F3N3O3. The van der Waals surface area contributed by atoms with Crippen molar-refractivity contribution in [3.8, 4) is 0 Å². The topological polar surface area (TPSA) is 75.3 Å². The number of alkyl halides is 3. The van der Waals surface area contributed by atoms with Crippen LogP contribution in [0.15, 0.2) is 29.1 Å². The maximum absolute atomic E-state index is 13.1. The van der Waals surface area contributed by atoms with E-state index in [0.29, 0.717) is 24.2 Å². The summed E-state index contributed by atoms with van der Waals surface area (Å²) in [6, 6.07) is 5.21. The molecule has 1 aliphatic heterocycles. The maximum Gasteiger partial charge on any atom is 0.416 e. The van der Waals surface area contributed by atoms with Crippen LogP contribution in [0.4, 0.5) is 13.2 Å². The Morgan fingerprint density at radius 1 is 1.33 bits per heavy atom. The number of fused-ring (bicyclic) bond motifs is 1. The molecule has 0 spiro atoms. The Hall–Kier alpha value is -2.68. The monoisotopic (exact) mass is 381 g/mol. The second kappa shape index (κ2) is 7.51. The molecule has 0 saturated carbocycles. The molecule has 0 radical (unpaired) electrons. The lowest BCUT2D eigenvalue weighted by Crippen LogP contribution is -2.41. The van der Waals surface area contributed by atoms with Gasteiger partial charge in [-0.3, -0.25) is 9.59 Å². The van der Waals surface area contributed by atoms with Crippen molar-refractivity contribution >= 4 is 5.91 Å². The van der Waals surface area contributed by atoms with Gasteiger partial charge in [-0.1, -0.05) is 18.2 Å². The number of rotatable bonds is 4. The molecular weight excluding hydrogens is 363 g/mol. The fourth-order valence-corrected chi connectivity index (χ4v) is 3.12. The lowest BCUT2D eigenvalue weighted by Gasteiger charge is -2.27. The van der Waals surface area contributed by atoms with E-state index in [2.05, 4.69) is 9.97 Å². The van der Waals surface area contributed by atoms with Crippen molar-refractivity contribution in [3.63, 3.8) is 0 Å². The number of nitrogens with zero attached hydrogens (tertiary/aromatic N) is 2. The van der Waals surface area contributed by atoms with E-state index in [4.69, 9.17) is 4.74 Å². The lowest BCUT2D eigenvalue weighted by molar-refractivity contribution is -0.138. The largest absolute Gasteiger partial charge is 0.416 e. The normalized spacial score (nSPS) is 14.1. The highest BCUT2D eigenvalue weighted by Gasteiger charge is 2.33. The van der Waals surface area contributed by atoms with Gasteiger partial charge in [-0.05, 0) is 11.6 Å². The summed E-state index contributed by atoms with van der Waals surface area (Å²) in [6.07, 6.45) is -4.25. The van der Waals surface area contributed by atoms with Crippen LogP contribution in [-0.4, -0.2) is 41.0 Å². The second-order valence-corrected chi connectivity index (χ2v) is 6.27. The predicted molar refractivity (Wildman–Crippen MR) is 90.1 cm³/mol. The van der Waals surface area contributed by atoms with Crippen LogP contribution in [0.1, 0.15) is 28.2 Å². The number of aromatic amines is 1. The number of halogens is 3. The van der Waals surface area contributed by atoms with E-state index >= 15 is 0 Å². The molecule has 0 atom stereocenters. The summed E-state index contributed by atoms with van der Waals surface area (Å²) in [4.78, 5) is 32.7. The van der Waals surface area contributed by atoms with E-state index < -0.39 is 17.3 Å². The van der Waals surface area contributed by atoms with Crippen LogP contribution in [-0.2, 0) is 35.1 Å². The Balaban J connectivity index is 1.87. The number of hydrogen-bond donors (Lipinski definition) is 1. The van der Waals surface area contributed by atoms with Crippen molar-refractivity contribution in [1.82, 2.24) is 14.9 Å². The molecule has 1 aromatic heterocycles. The molecule has 6 nitrogen and oxygen atoms in total. The Morgan fingerprint density at radius 3 is 2.78 bits per heavy atom. The van der Waals surface area contributed by atoms with Crippen molar-refractivity contribution < 1.29 is 22.7 Å². The zero-order valence-corrected chi connectivity index (χ0v) is 14.6. The van der Waals surface area contributed by atoms with Gasteiger partial charge >= 0.3 is 6.18 Å². The zero-order chi connectivity index (χ0) is 19.6. The number of H-pyrrole nitrogens is 1. The average Bonchev–Trinajstić information content (AvgIpc) is 2.61. The van der Waals surface area contributed by atoms with Gasteiger partial charge in [0.1, 0.15) is 12.4 Å². The molecule has 1 aliphatic rings. The molecule has 0 unspecified atom stereocenters. The number of benzene rings is 1. The van der Waals surface area contributed by atoms with Gasteiger partial charge in [0.2, 0.25) is 5.91 Å². The van der Waals surface area contributed by atoms with E-state index in [0.717, 1.165) is 6.07 Å². The van der Waals surface area contributed by atoms with Crippen LogP contribution in [0.3, 0.4) is 0 Å². The summed E-state index contributed by atoms with van der Waals surface area (Å²) in [7, 11) is 1.41. The fraction of sp³-hybridized carbons (Fsp3) is 0.389. The van der Waals surface area contributed by atoms with Crippen LogP contribution >= 0.6 is 0 Å². The summed E-state index contributed by atoms with van der Waals surface area (Å²) in [5.74, 6) is -0.0575. The smallest absolute Gasteiger partial charge is 0.375 e. The Labute approximate surface area is 153 Å². The van der Waals surface area contributed by atoms with Crippen molar-refractivity contribution in [1.29, 1.82) is 0 Å². The Morgan fingerprint density at radius 2 is 2.07 bits per heavy atom. The minimum absolute atomic E-state index is 0.0424. The first-order valence-corrected chi connectivity index (χ1v) is 8.32. The van der Waals surface area contributed by atoms with Gasteiger partial charge in [0, 0.05) is 26.5 Å². The van der Waals surface area contributed by atoms with Crippen LogP contribution in [0.25, 0.3) is 0 Å². The van der Waals surface area contributed by atoms with E-state index in [1.165, 1.54) is 30.2 Å². The van der Waals surface area contributed by atoms with Crippen LogP contribution < -0.4 is 5.56 Å². The number of amides is 1. The van der Waals surface area contributed by atoms with Crippen molar-refractivity contribution in [2.75, 3.05) is 20.3 Å². The molecule has 1 aromatic carbocycles. The number of hydrogen-bond acceptors (Lipinski definition) is 4. The fourth-order valence-electron chi connectivity index (χ4n) is 3.12. The highest BCUT2D eigenvalue weighted by molar-refractivity contribution is 5.77. The first-order valence-electron chi connectivity index (χ1n) is 8.32. The zero-order valence-electron chi connectivity index (χ0n) is 14.6. The maximum atomic E-state index is 13.1. The van der Waals surface area contributed by atoms with Gasteiger partial charge in [-0.15, -0.1) is 0 Å². The van der Waals surface area contributed by atoms with Gasteiger partial charge in [0.15, 0.2) is 0 Å². The molecule has 0 fully saturated rings. The lowest BCUT2D eigenvalue weighted by atomic mass is 10.0. The summed E-state index contributed by atoms with van der Waals surface area (Å²) >= 11 is 0. The Kier molecular flexibility index (Phi) is 5.31. The van der Waals surface area contributed by atoms with Crippen molar-refractivity contribution in [2.45, 2.75) is 25.6 Å². The van der Waals surface area contributed by atoms with Gasteiger partial charge in [-0.2, -0.15) is 13.2 Å². The molecule has 144 valence electrons. The quantitative estimate of drug-likeness (QED) is 0.878. The Bertz CT molecular complexity index is 909. The molecule has 0 saturated heterocycles. The standard InChI is InChI=1S/C18H18F3N3O3/c1-27-10-16(25)24-7-6-14-12(9-24)17(26)23-15(22-14)8-11-4-2-3-5-13(11)18(19,20)21/h2-5H,6-10H2,1H3,(H,22,23,26). The minimum Gasteiger partial charge on any atom is -0.375 e. The molecule has 1 amide bonds. The summed E-state index contributed by atoms with van der Waals surface area (Å²) in [5, 5.41) is 0. The van der Waals surface area contributed by atoms with Crippen LogP contribution in [0.2, 0.25) is 0 Å². The minimum atomic E-state index is -4.48. The first-order chi connectivity index (χ1) is 12.8. The SMILES string of the molecule is COCC(=O)N1CCc2nc(Cc3ccccc3C(F)(F)F)[nH]c(=O)c2C1. The van der Waals surface area contributed by atoms with Gasteiger partial charge in [0.25, 0.3) is 5.56 Å². The molecule has 2 heterocycles. The summed E-state index contributed by atoms with van der Waals surface area (Å²) < 4.78 is 44.3. The van der Waals surface area contributed by atoms with Gasteiger partial charge < -0.3 is 14.6 Å². The number of carbonyl (C=O) groups excluding carboxylic acids is 1. The molecule has 0 bridgehead atoms. The highest BCUT2D eigenvalue weighted by atomic mass is 19.4. The molecule has 1 N–H and O–H groups in total. The summed E-state index contributed by atoms with van der Waals surface area (Å²) in [5.41, 5.74) is -0.268. The third-order valence-corrected chi connectivity index (χ3v) is 4.42. The second-order valence-electron chi connectivity index (χ2n) is 6.27. The van der Waals surface area contributed by atoms with Crippen LogP contribution in [0, 0.1) is 0 Å². The van der Waals surface area contributed by atoms with E-state index in [1.807, 2.05) is 0 Å². The molecule has 27 heavy (non-hydrogen) atoms. The van der Waals surface area contributed by atoms with E-state index in [9.17, 15) is 22.8 Å². The van der Waals surface area contributed by atoms with E-state index in [1.54, 1.807) is 0 Å². The van der Waals surface area contributed by atoms with Gasteiger partial charge in [-0.25, -0.2) is 4.98 Å². The first kappa shape index (κ1) is 19.1. The third-order valence-electron chi connectivity index (χ3n) is 4.42. The predicted octanol–water partition coefficient (Wildman–Crippen LogP) is 1.91. The number of methoxy groups -OCH3 is 1. The molecule has 9 heteroatoms. The van der Waals surface area contributed by atoms with Gasteiger partial charge in [0.05, 0.1) is 23.4 Å². The van der Waals surface area contributed by atoms with Crippen LogP contribution in [0.5, 0.6) is 0 Å². The molecule has 2 aromatic rings. The number of carbonyl (C=O) groups is 1.